The lowest BCUT2D eigenvalue weighted by atomic mass is 9.58. The van der Waals surface area contributed by atoms with Gasteiger partial charge < -0.3 is 4.79 Å². The van der Waals surface area contributed by atoms with Crippen LogP contribution in [0, 0.1) is 24.2 Å². The van der Waals surface area contributed by atoms with E-state index in [0.29, 0.717) is 23.5 Å². The molecule has 0 saturated heterocycles. The van der Waals surface area contributed by atoms with E-state index >= 15 is 0 Å². The summed E-state index contributed by atoms with van der Waals surface area (Å²) < 4.78 is 14.3. The number of rotatable bonds is 2. The van der Waals surface area contributed by atoms with Crippen molar-refractivity contribution in [2.45, 2.75) is 32.1 Å². The Hall–Kier alpha value is -4.24. The predicted octanol–water partition coefficient (Wildman–Crippen LogP) is 6.34. The first-order chi connectivity index (χ1) is 17.4. The molecule has 6 heteroatoms. The predicted molar refractivity (Wildman–Crippen MR) is 136 cm³/mol. The molecule has 0 unspecified atom stereocenters. The van der Waals surface area contributed by atoms with Gasteiger partial charge in [0.25, 0.3) is 0 Å². The van der Waals surface area contributed by atoms with Crippen LogP contribution in [0.15, 0.2) is 72.6 Å². The summed E-state index contributed by atoms with van der Waals surface area (Å²) in [5.41, 5.74) is 4.34. The molecule has 0 bridgehead atoms. The van der Waals surface area contributed by atoms with Crippen molar-refractivity contribution < 1.29 is 9.18 Å². The molecule has 5 nitrogen and oxygen atoms in total. The van der Waals surface area contributed by atoms with Crippen molar-refractivity contribution in [2.24, 2.45) is 11.8 Å². The van der Waals surface area contributed by atoms with Crippen molar-refractivity contribution in [3.63, 3.8) is 0 Å². The molecular weight excluding hydrogens is 451 g/mol. The van der Waals surface area contributed by atoms with E-state index in [0.717, 1.165) is 34.1 Å². The number of pyridine rings is 1. The fraction of sp³-hybridized carbons (Fsp3) is 0.233. The van der Waals surface area contributed by atoms with E-state index in [1.165, 1.54) is 12.1 Å². The van der Waals surface area contributed by atoms with E-state index in [4.69, 9.17) is 16.5 Å². The van der Waals surface area contributed by atoms with Crippen molar-refractivity contribution in [3.8, 4) is 22.6 Å². The number of allylic oxidation sites excluding steroid dienone is 2. The van der Waals surface area contributed by atoms with Crippen LogP contribution >= 0.6 is 0 Å². The van der Waals surface area contributed by atoms with Gasteiger partial charge in [0, 0.05) is 39.6 Å². The van der Waals surface area contributed by atoms with Crippen LogP contribution in [0.1, 0.15) is 31.5 Å². The van der Waals surface area contributed by atoms with Gasteiger partial charge in [0.2, 0.25) is 5.70 Å². The Morgan fingerprint density at radius 2 is 1.94 bits per heavy atom. The lowest BCUT2D eigenvalue weighted by Crippen LogP contribution is -2.46. The van der Waals surface area contributed by atoms with E-state index in [1.807, 2.05) is 49.4 Å². The molecule has 2 aliphatic carbocycles. The Morgan fingerprint density at radius 3 is 2.75 bits per heavy atom. The van der Waals surface area contributed by atoms with Crippen LogP contribution < -0.4 is 0 Å². The molecule has 0 spiro atoms. The van der Waals surface area contributed by atoms with E-state index in [-0.39, 0.29) is 29.1 Å². The summed E-state index contributed by atoms with van der Waals surface area (Å²) >= 11 is 0. The molecule has 6 rings (SSSR count). The van der Waals surface area contributed by atoms with Crippen LogP contribution in [-0.2, 0) is 16.6 Å². The van der Waals surface area contributed by atoms with Gasteiger partial charge in [-0.1, -0.05) is 50.3 Å². The molecule has 3 atom stereocenters. The normalized spacial score (nSPS) is 22.9. The smallest absolute Gasteiger partial charge is 0.226 e. The fourth-order valence-corrected chi connectivity index (χ4v) is 6.03. The third-order valence-corrected chi connectivity index (χ3v) is 7.81. The number of fused-ring (bicyclic) bond motifs is 4. The van der Waals surface area contributed by atoms with Gasteiger partial charge >= 0.3 is 0 Å². The van der Waals surface area contributed by atoms with E-state index in [1.54, 1.807) is 12.3 Å². The molecule has 0 radical (unpaired) electrons. The average molecular weight is 475 g/mol. The standard InChI is InChI=1S/C30H23FN4O/c1-17-23-12-11-22-26(18-7-6-8-19(31)15-18)34-29(21-13-14-33-24-10-5-4-9-20(21)24)35-28(22)30(23,2)16-25(32-3)27(17)36/h4-10,13-17,23H,11-12H2,1-2H3/t17-,23-,30-/m1/s1. The van der Waals surface area contributed by atoms with Gasteiger partial charge in [-0.2, -0.15) is 0 Å². The van der Waals surface area contributed by atoms with Gasteiger partial charge in [0.1, 0.15) is 5.82 Å². The second-order valence-electron chi connectivity index (χ2n) is 9.83. The highest BCUT2D eigenvalue weighted by molar-refractivity contribution is 6.00. The number of hydrogen-bond acceptors (Lipinski definition) is 4. The summed E-state index contributed by atoms with van der Waals surface area (Å²) in [4.78, 5) is 31.0. The summed E-state index contributed by atoms with van der Waals surface area (Å²) in [7, 11) is 0. The van der Waals surface area contributed by atoms with Crippen LogP contribution in [-0.4, -0.2) is 20.7 Å². The summed E-state index contributed by atoms with van der Waals surface area (Å²) in [5.74, 6) is -0.176. The lowest BCUT2D eigenvalue weighted by molar-refractivity contribution is -0.121. The molecule has 2 aromatic carbocycles. The Bertz CT molecular complexity index is 1630. The Morgan fingerprint density at radius 1 is 1.11 bits per heavy atom. The number of ketones is 1. The third-order valence-electron chi connectivity index (χ3n) is 7.81. The summed E-state index contributed by atoms with van der Waals surface area (Å²) in [5, 5.41) is 0.923. The monoisotopic (exact) mass is 474 g/mol. The highest BCUT2D eigenvalue weighted by atomic mass is 19.1. The third kappa shape index (κ3) is 3.27. The van der Waals surface area contributed by atoms with Gasteiger partial charge in [-0.25, -0.2) is 19.2 Å². The maximum Gasteiger partial charge on any atom is 0.226 e. The first-order valence-electron chi connectivity index (χ1n) is 12.1. The summed E-state index contributed by atoms with van der Waals surface area (Å²) in [6, 6.07) is 16.2. The molecular formula is C30H23FN4O. The van der Waals surface area contributed by atoms with E-state index in [9.17, 15) is 9.18 Å². The Kier molecular flexibility index (Phi) is 5.04. The van der Waals surface area contributed by atoms with Crippen molar-refractivity contribution in [1.82, 2.24) is 15.0 Å². The summed E-state index contributed by atoms with van der Waals surface area (Å²) in [6.07, 6.45) is 4.99. The molecule has 4 aromatic rings. The zero-order valence-corrected chi connectivity index (χ0v) is 20.0. The summed E-state index contributed by atoms with van der Waals surface area (Å²) in [6.45, 7) is 11.6. The molecule has 0 fully saturated rings. The van der Waals surface area contributed by atoms with Crippen LogP contribution in [0.3, 0.4) is 0 Å². The number of carbonyl (C=O) groups is 1. The number of Topliss-reactive ketones (excluding diaryl/α,β-unsaturated/α-hetero) is 1. The molecule has 176 valence electrons. The van der Waals surface area contributed by atoms with Crippen LogP contribution in [0.2, 0.25) is 0 Å². The van der Waals surface area contributed by atoms with Crippen LogP contribution in [0.25, 0.3) is 38.4 Å². The first kappa shape index (κ1) is 22.2. The second kappa shape index (κ2) is 8.17. The second-order valence-corrected chi connectivity index (χ2v) is 9.83. The number of aromatic nitrogens is 3. The Balaban J connectivity index is 1.69. The molecule has 0 saturated carbocycles. The number of halogens is 1. The number of benzene rings is 2. The quantitative estimate of drug-likeness (QED) is 0.318. The lowest BCUT2D eigenvalue weighted by Gasteiger charge is -2.46. The number of carbonyl (C=O) groups excluding carboxylic acids is 1. The molecule has 2 heterocycles. The van der Waals surface area contributed by atoms with E-state index in [2.05, 4.69) is 16.8 Å². The van der Waals surface area contributed by atoms with Crippen molar-refractivity contribution in [2.75, 3.05) is 0 Å². The molecule has 0 amide bonds. The SMILES string of the molecule is [C-]#[N+]C1=C[C@@]2(C)c3nc(-c4ccnc5ccccc45)nc(-c4cccc(F)c4)c3CC[C@@H]2[C@@H](C)C1=O. The molecule has 2 aliphatic rings. The van der Waals surface area contributed by atoms with Gasteiger partial charge in [-0.15, -0.1) is 0 Å². The molecule has 0 N–H and O–H groups in total. The average Bonchev–Trinajstić information content (AvgIpc) is 2.90. The maximum atomic E-state index is 14.3. The van der Waals surface area contributed by atoms with Gasteiger partial charge in [0.15, 0.2) is 11.6 Å². The van der Waals surface area contributed by atoms with Crippen molar-refractivity contribution in [1.29, 1.82) is 0 Å². The van der Waals surface area contributed by atoms with Gasteiger partial charge in [-0.05, 0) is 43.0 Å². The highest BCUT2D eigenvalue weighted by Crippen LogP contribution is 2.51. The minimum absolute atomic E-state index is 0.0142. The van der Waals surface area contributed by atoms with Crippen LogP contribution in [0.5, 0.6) is 0 Å². The largest absolute Gasteiger partial charge is 0.308 e. The van der Waals surface area contributed by atoms with E-state index < -0.39 is 5.41 Å². The zero-order chi connectivity index (χ0) is 25.0. The van der Waals surface area contributed by atoms with Gasteiger partial charge in [0.05, 0.1) is 23.5 Å². The number of nitrogens with zero attached hydrogens (tertiary/aromatic N) is 4. The number of para-hydroxylation sites is 1. The topological polar surface area (TPSA) is 60.1 Å². The highest BCUT2D eigenvalue weighted by Gasteiger charge is 2.49. The maximum absolute atomic E-state index is 14.3. The van der Waals surface area contributed by atoms with Crippen molar-refractivity contribution in [3.05, 3.63) is 101 Å². The van der Waals surface area contributed by atoms with Crippen LogP contribution in [0.4, 0.5) is 4.39 Å². The minimum Gasteiger partial charge on any atom is -0.308 e. The zero-order valence-electron chi connectivity index (χ0n) is 20.0. The number of hydrogen-bond donors (Lipinski definition) is 0. The minimum atomic E-state index is -0.622. The molecule has 36 heavy (non-hydrogen) atoms. The fourth-order valence-electron chi connectivity index (χ4n) is 6.03. The molecule has 0 aliphatic heterocycles. The van der Waals surface area contributed by atoms with Crippen molar-refractivity contribution >= 4 is 16.7 Å². The Labute approximate surface area is 208 Å². The molecule has 2 aromatic heterocycles. The van der Waals surface area contributed by atoms with Gasteiger partial charge in [-0.3, -0.25) is 4.98 Å². The first-order valence-corrected chi connectivity index (χ1v) is 12.1.